The second-order valence-electron chi connectivity index (χ2n) is 9.33. The predicted octanol–water partition coefficient (Wildman–Crippen LogP) is 3.90. The van der Waals surface area contributed by atoms with Gasteiger partial charge in [0.15, 0.2) is 0 Å². The number of aliphatic imine (C=N–C) groups is 1. The summed E-state index contributed by atoms with van der Waals surface area (Å²) in [6.07, 6.45) is 4.14. The predicted molar refractivity (Wildman–Crippen MR) is 121 cm³/mol. The van der Waals surface area contributed by atoms with Crippen LogP contribution in [0.1, 0.15) is 65.9 Å². The van der Waals surface area contributed by atoms with Gasteiger partial charge >= 0.3 is 0 Å². The van der Waals surface area contributed by atoms with Crippen molar-refractivity contribution < 1.29 is 10.0 Å². The molecule has 1 amide bonds. The highest BCUT2D eigenvalue weighted by Gasteiger charge is 2.53. The molecule has 2 fully saturated rings. The Morgan fingerprint density at radius 1 is 1.20 bits per heavy atom. The number of benzene rings is 1. The van der Waals surface area contributed by atoms with Crippen LogP contribution in [-0.4, -0.2) is 69.7 Å². The number of hydrogen-bond donors (Lipinski definition) is 1. The topological polar surface area (TPSA) is 59.4 Å². The SMILES string of the molecule is CC(=O)N=C1N(O)CN2CCCCC2C1(CCN(C(C)C)C(C)C)c1ccccc1. The number of amidine groups is 1. The molecule has 2 heterocycles. The summed E-state index contributed by atoms with van der Waals surface area (Å²) in [5.41, 5.74) is 0.607. The first kappa shape index (κ1) is 22.9. The fourth-order valence-electron chi connectivity index (χ4n) is 5.54. The van der Waals surface area contributed by atoms with Crippen LogP contribution in [0.4, 0.5) is 0 Å². The fraction of sp³-hybridized carbons (Fsp3) is 0.667. The maximum atomic E-state index is 12.1. The zero-order valence-corrected chi connectivity index (χ0v) is 19.2. The van der Waals surface area contributed by atoms with E-state index in [4.69, 9.17) is 0 Å². The van der Waals surface area contributed by atoms with Gasteiger partial charge in [0.2, 0.25) is 5.91 Å². The second kappa shape index (κ2) is 9.58. The molecule has 0 aliphatic carbocycles. The highest BCUT2D eigenvalue weighted by atomic mass is 16.5. The molecule has 2 aliphatic rings. The molecule has 0 bridgehead atoms. The molecule has 2 aliphatic heterocycles. The Balaban J connectivity index is 2.15. The number of amides is 1. The molecule has 6 heteroatoms. The van der Waals surface area contributed by atoms with E-state index in [9.17, 15) is 10.0 Å². The van der Waals surface area contributed by atoms with Crippen molar-refractivity contribution in [1.29, 1.82) is 0 Å². The molecule has 1 aromatic rings. The molecule has 3 rings (SSSR count). The molecule has 166 valence electrons. The minimum Gasteiger partial charge on any atom is -0.298 e. The van der Waals surface area contributed by atoms with E-state index in [0.29, 0.717) is 24.6 Å². The number of hydrogen-bond acceptors (Lipinski definition) is 4. The zero-order chi connectivity index (χ0) is 21.9. The van der Waals surface area contributed by atoms with Gasteiger partial charge in [-0.1, -0.05) is 36.8 Å². The number of carbonyl (C=O) groups is 1. The Bertz CT molecular complexity index is 741. The number of nitrogens with zero attached hydrogens (tertiary/aromatic N) is 4. The van der Waals surface area contributed by atoms with E-state index < -0.39 is 5.41 Å². The molecule has 1 N–H and O–H groups in total. The summed E-state index contributed by atoms with van der Waals surface area (Å²) >= 11 is 0. The van der Waals surface area contributed by atoms with Crippen molar-refractivity contribution in [2.24, 2.45) is 4.99 Å². The van der Waals surface area contributed by atoms with Gasteiger partial charge in [0.05, 0.1) is 12.1 Å². The Morgan fingerprint density at radius 3 is 2.47 bits per heavy atom. The Morgan fingerprint density at radius 2 is 1.87 bits per heavy atom. The molecule has 2 unspecified atom stereocenters. The van der Waals surface area contributed by atoms with Gasteiger partial charge in [0.25, 0.3) is 0 Å². The van der Waals surface area contributed by atoms with Crippen LogP contribution in [0.2, 0.25) is 0 Å². The average molecular weight is 415 g/mol. The summed E-state index contributed by atoms with van der Waals surface area (Å²) in [6, 6.07) is 11.4. The van der Waals surface area contributed by atoms with Crippen LogP contribution in [0, 0.1) is 0 Å². The Kier molecular flexibility index (Phi) is 7.32. The lowest BCUT2D eigenvalue weighted by Crippen LogP contribution is -2.68. The van der Waals surface area contributed by atoms with E-state index in [1.54, 1.807) is 0 Å². The zero-order valence-electron chi connectivity index (χ0n) is 19.2. The molecule has 6 nitrogen and oxygen atoms in total. The fourth-order valence-corrected chi connectivity index (χ4v) is 5.54. The standard InChI is InChI=1S/C24H38N4O2/c1-18(2)27(19(3)4)16-14-24(21-11-7-6-8-12-21)22-13-9-10-15-26(22)17-28(30)23(24)25-20(5)29/h6-8,11-12,18-19,22,30H,9-10,13-17H2,1-5H3. The van der Waals surface area contributed by atoms with Crippen molar-refractivity contribution in [2.45, 2.75) is 83.8 Å². The van der Waals surface area contributed by atoms with Gasteiger partial charge in [0, 0.05) is 38.1 Å². The molecule has 2 atom stereocenters. The lowest BCUT2D eigenvalue weighted by atomic mass is 9.66. The number of fused-ring (bicyclic) bond motifs is 1. The highest BCUT2D eigenvalue weighted by molar-refractivity contribution is 6.00. The van der Waals surface area contributed by atoms with Crippen LogP contribution in [0.5, 0.6) is 0 Å². The number of hydroxylamine groups is 2. The van der Waals surface area contributed by atoms with Crippen molar-refractivity contribution in [2.75, 3.05) is 19.8 Å². The largest absolute Gasteiger partial charge is 0.298 e. The van der Waals surface area contributed by atoms with Crippen molar-refractivity contribution in [3.05, 3.63) is 35.9 Å². The van der Waals surface area contributed by atoms with E-state index in [-0.39, 0.29) is 11.9 Å². The van der Waals surface area contributed by atoms with E-state index in [0.717, 1.165) is 44.3 Å². The average Bonchev–Trinajstić information content (AvgIpc) is 2.70. The molecule has 30 heavy (non-hydrogen) atoms. The second-order valence-corrected chi connectivity index (χ2v) is 9.33. The minimum absolute atomic E-state index is 0.219. The van der Waals surface area contributed by atoms with Crippen LogP contribution >= 0.6 is 0 Å². The van der Waals surface area contributed by atoms with Crippen molar-refractivity contribution in [1.82, 2.24) is 14.9 Å². The van der Waals surface area contributed by atoms with Crippen LogP contribution in [0.3, 0.4) is 0 Å². The van der Waals surface area contributed by atoms with E-state index in [1.807, 2.05) is 6.07 Å². The molecule has 0 aromatic heterocycles. The van der Waals surface area contributed by atoms with Gasteiger partial charge in [-0.05, 0) is 52.5 Å². The molecule has 0 saturated carbocycles. The minimum atomic E-state index is -0.525. The van der Waals surface area contributed by atoms with Crippen molar-refractivity contribution >= 4 is 11.7 Å². The van der Waals surface area contributed by atoms with Gasteiger partial charge in [-0.25, -0.2) is 5.06 Å². The highest BCUT2D eigenvalue weighted by Crippen LogP contribution is 2.44. The lowest BCUT2D eigenvalue weighted by Gasteiger charge is -2.55. The first-order valence-electron chi connectivity index (χ1n) is 11.4. The monoisotopic (exact) mass is 414 g/mol. The molecule has 1 aromatic carbocycles. The third-order valence-electron chi connectivity index (χ3n) is 6.78. The lowest BCUT2D eigenvalue weighted by molar-refractivity contribution is -0.120. The summed E-state index contributed by atoms with van der Waals surface area (Å²) in [4.78, 5) is 21.4. The Hall–Kier alpha value is -1.76. The summed E-state index contributed by atoms with van der Waals surface area (Å²) < 4.78 is 0. The van der Waals surface area contributed by atoms with Crippen molar-refractivity contribution in [3.63, 3.8) is 0 Å². The summed E-state index contributed by atoms with van der Waals surface area (Å²) in [6.45, 7) is 12.6. The van der Waals surface area contributed by atoms with Gasteiger partial charge in [-0.3, -0.25) is 19.8 Å². The van der Waals surface area contributed by atoms with Crippen molar-refractivity contribution in [3.8, 4) is 0 Å². The van der Waals surface area contributed by atoms with E-state index in [1.165, 1.54) is 12.0 Å². The summed E-state index contributed by atoms with van der Waals surface area (Å²) in [5, 5.41) is 12.3. The first-order chi connectivity index (χ1) is 14.3. The first-order valence-corrected chi connectivity index (χ1v) is 11.4. The molecule has 0 radical (unpaired) electrons. The number of rotatable bonds is 6. The summed E-state index contributed by atoms with van der Waals surface area (Å²) in [5.74, 6) is 0.245. The van der Waals surface area contributed by atoms with Gasteiger partial charge in [-0.2, -0.15) is 4.99 Å². The van der Waals surface area contributed by atoms with Gasteiger partial charge in [0.1, 0.15) is 5.84 Å². The van der Waals surface area contributed by atoms with E-state index >= 15 is 0 Å². The quantitative estimate of drug-likeness (QED) is 0.765. The van der Waals surface area contributed by atoms with Gasteiger partial charge < -0.3 is 0 Å². The summed E-state index contributed by atoms with van der Waals surface area (Å²) in [7, 11) is 0. The maximum Gasteiger partial charge on any atom is 0.244 e. The molecular weight excluding hydrogens is 376 g/mol. The molecule has 0 spiro atoms. The smallest absolute Gasteiger partial charge is 0.244 e. The van der Waals surface area contributed by atoms with E-state index in [2.05, 4.69) is 66.8 Å². The van der Waals surface area contributed by atoms with Gasteiger partial charge in [-0.15, -0.1) is 0 Å². The number of carbonyl (C=O) groups excluding carboxylic acids is 1. The Labute approximate surface area is 181 Å². The maximum absolute atomic E-state index is 12.1. The molecular formula is C24H38N4O2. The van der Waals surface area contributed by atoms with Crippen LogP contribution in [0.15, 0.2) is 35.3 Å². The molecule has 2 saturated heterocycles. The van der Waals surface area contributed by atoms with Crippen LogP contribution < -0.4 is 0 Å². The third-order valence-corrected chi connectivity index (χ3v) is 6.78. The van der Waals surface area contributed by atoms with Crippen LogP contribution in [0.25, 0.3) is 0 Å². The van der Waals surface area contributed by atoms with Crippen LogP contribution in [-0.2, 0) is 10.2 Å². The number of piperidine rings is 1. The normalized spacial score (nSPS) is 26.6. The third kappa shape index (κ3) is 4.46.